The molecule has 19 heavy (non-hydrogen) atoms. The maximum absolute atomic E-state index is 10.8. The molecular formula is C15H20O4. The Morgan fingerprint density at radius 1 is 1.37 bits per heavy atom. The van der Waals surface area contributed by atoms with Crippen molar-refractivity contribution in [3.63, 3.8) is 0 Å². The number of hydrogen-bond donors (Lipinski definition) is 3. The molecule has 0 atom stereocenters. The van der Waals surface area contributed by atoms with Gasteiger partial charge in [-0.05, 0) is 50.8 Å². The van der Waals surface area contributed by atoms with Gasteiger partial charge in [-0.2, -0.15) is 0 Å². The quantitative estimate of drug-likeness (QED) is 0.738. The Balaban J connectivity index is 2.70. The predicted molar refractivity (Wildman–Crippen MR) is 74.2 cm³/mol. The summed E-state index contributed by atoms with van der Waals surface area (Å²) in [5.74, 6) is -1.15. The van der Waals surface area contributed by atoms with Crippen LogP contribution in [0, 0.1) is 0 Å². The number of rotatable bonds is 6. The van der Waals surface area contributed by atoms with Crippen molar-refractivity contribution in [3.8, 4) is 5.75 Å². The van der Waals surface area contributed by atoms with Gasteiger partial charge in [0.1, 0.15) is 5.75 Å². The summed E-state index contributed by atoms with van der Waals surface area (Å²) in [6.07, 6.45) is 2.03. The fourth-order valence-electron chi connectivity index (χ4n) is 1.83. The molecule has 0 radical (unpaired) electrons. The molecule has 0 heterocycles. The zero-order valence-electron chi connectivity index (χ0n) is 11.3. The lowest BCUT2D eigenvalue weighted by Crippen LogP contribution is -2.17. The van der Waals surface area contributed by atoms with E-state index in [0.29, 0.717) is 18.4 Å². The third-order valence-corrected chi connectivity index (χ3v) is 2.89. The first-order valence-corrected chi connectivity index (χ1v) is 6.17. The molecule has 0 aliphatic rings. The number of carboxylic acids is 1. The molecule has 104 valence electrons. The van der Waals surface area contributed by atoms with Crippen molar-refractivity contribution in [1.82, 2.24) is 0 Å². The molecule has 4 heteroatoms. The monoisotopic (exact) mass is 264 g/mol. The van der Waals surface area contributed by atoms with E-state index in [1.165, 1.54) is 12.1 Å². The van der Waals surface area contributed by atoms with E-state index in [2.05, 4.69) is 6.58 Å². The topological polar surface area (TPSA) is 77.8 Å². The fourth-order valence-corrected chi connectivity index (χ4v) is 1.83. The lowest BCUT2D eigenvalue weighted by molar-refractivity contribution is 0.0686. The Hall–Kier alpha value is -1.81. The van der Waals surface area contributed by atoms with Crippen LogP contribution >= 0.6 is 0 Å². The first-order chi connectivity index (χ1) is 8.70. The van der Waals surface area contributed by atoms with Gasteiger partial charge in [0.25, 0.3) is 0 Å². The molecule has 1 aromatic rings. The molecule has 0 aliphatic heterocycles. The number of aliphatic hydroxyl groups is 1. The Kier molecular flexibility index (Phi) is 4.72. The zero-order valence-corrected chi connectivity index (χ0v) is 11.3. The van der Waals surface area contributed by atoms with Crippen LogP contribution in [-0.2, 0) is 0 Å². The Morgan fingerprint density at radius 3 is 2.47 bits per heavy atom. The van der Waals surface area contributed by atoms with Crippen molar-refractivity contribution in [3.05, 3.63) is 35.9 Å². The summed E-state index contributed by atoms with van der Waals surface area (Å²) < 4.78 is 0. The van der Waals surface area contributed by atoms with Gasteiger partial charge in [-0.25, -0.2) is 4.79 Å². The highest BCUT2D eigenvalue weighted by Crippen LogP contribution is 2.29. The number of carboxylic acid groups (broad SMARTS) is 1. The number of aromatic hydroxyl groups is 1. The van der Waals surface area contributed by atoms with Gasteiger partial charge in [0.05, 0.1) is 11.2 Å². The van der Waals surface area contributed by atoms with Crippen molar-refractivity contribution in [2.24, 2.45) is 0 Å². The predicted octanol–water partition coefficient (Wildman–Crippen LogP) is 3.04. The summed E-state index contributed by atoms with van der Waals surface area (Å²) >= 11 is 0. The molecule has 1 aromatic carbocycles. The molecule has 0 saturated carbocycles. The standard InChI is InChI=1S/C15H20O4/c1-10(5-4-8-15(2,3)19)12-7-6-11(14(17)18)9-13(12)16/h6-7,9,16,19H,1,4-5,8H2,2-3H3,(H,17,18). The highest BCUT2D eigenvalue weighted by atomic mass is 16.4. The number of allylic oxidation sites excluding steroid dienone is 1. The molecule has 4 nitrogen and oxygen atoms in total. The zero-order chi connectivity index (χ0) is 14.6. The van der Waals surface area contributed by atoms with Crippen molar-refractivity contribution in [2.45, 2.75) is 38.7 Å². The molecule has 0 amide bonds. The highest BCUT2D eigenvalue weighted by molar-refractivity contribution is 5.89. The van der Waals surface area contributed by atoms with Crippen molar-refractivity contribution in [1.29, 1.82) is 0 Å². The van der Waals surface area contributed by atoms with Gasteiger partial charge in [0, 0.05) is 5.56 Å². The lowest BCUT2D eigenvalue weighted by atomic mass is 9.95. The summed E-state index contributed by atoms with van der Waals surface area (Å²) in [7, 11) is 0. The fraction of sp³-hybridized carbons (Fsp3) is 0.400. The average Bonchev–Trinajstić information content (AvgIpc) is 2.26. The van der Waals surface area contributed by atoms with Crippen molar-refractivity contribution >= 4 is 11.5 Å². The summed E-state index contributed by atoms with van der Waals surface area (Å²) in [4.78, 5) is 10.8. The second-order valence-electron chi connectivity index (χ2n) is 5.31. The molecule has 0 saturated heterocycles. The smallest absolute Gasteiger partial charge is 0.335 e. The van der Waals surface area contributed by atoms with E-state index in [9.17, 15) is 15.0 Å². The maximum Gasteiger partial charge on any atom is 0.335 e. The largest absolute Gasteiger partial charge is 0.507 e. The second-order valence-corrected chi connectivity index (χ2v) is 5.31. The maximum atomic E-state index is 10.8. The van der Waals surface area contributed by atoms with Crippen LogP contribution < -0.4 is 0 Å². The lowest BCUT2D eigenvalue weighted by Gasteiger charge is -2.17. The van der Waals surface area contributed by atoms with Gasteiger partial charge in [0.2, 0.25) is 0 Å². The minimum atomic E-state index is -1.07. The first-order valence-electron chi connectivity index (χ1n) is 6.17. The van der Waals surface area contributed by atoms with Gasteiger partial charge in [-0.15, -0.1) is 0 Å². The van der Waals surface area contributed by atoms with Gasteiger partial charge in [-0.3, -0.25) is 0 Å². The van der Waals surface area contributed by atoms with Crippen LogP contribution in [-0.4, -0.2) is 26.9 Å². The molecule has 3 N–H and O–H groups in total. The van der Waals surface area contributed by atoms with E-state index in [1.807, 2.05) is 0 Å². The van der Waals surface area contributed by atoms with E-state index in [1.54, 1.807) is 19.9 Å². The number of benzene rings is 1. The molecular weight excluding hydrogens is 244 g/mol. The van der Waals surface area contributed by atoms with E-state index >= 15 is 0 Å². The van der Waals surface area contributed by atoms with E-state index < -0.39 is 11.6 Å². The molecule has 0 bridgehead atoms. The number of carbonyl (C=O) groups is 1. The Labute approximate surface area is 113 Å². The number of phenolic OH excluding ortho intramolecular Hbond substituents is 1. The van der Waals surface area contributed by atoms with Crippen molar-refractivity contribution < 1.29 is 20.1 Å². The van der Waals surface area contributed by atoms with Gasteiger partial charge >= 0.3 is 5.97 Å². The normalized spacial score (nSPS) is 11.3. The van der Waals surface area contributed by atoms with Crippen LogP contribution in [0.2, 0.25) is 0 Å². The molecule has 0 fully saturated rings. The SMILES string of the molecule is C=C(CCCC(C)(C)O)c1ccc(C(=O)O)cc1O. The van der Waals surface area contributed by atoms with Crippen LogP contribution in [0.25, 0.3) is 5.57 Å². The number of aromatic carboxylic acids is 1. The van der Waals surface area contributed by atoms with E-state index in [4.69, 9.17) is 5.11 Å². The van der Waals surface area contributed by atoms with Gasteiger partial charge in [-0.1, -0.05) is 12.6 Å². The second kappa shape index (κ2) is 5.89. The van der Waals surface area contributed by atoms with Crippen LogP contribution in [0.4, 0.5) is 0 Å². The molecule has 0 unspecified atom stereocenters. The Bertz CT molecular complexity index is 483. The Morgan fingerprint density at radius 2 is 2.00 bits per heavy atom. The third kappa shape index (κ3) is 4.75. The van der Waals surface area contributed by atoms with E-state index in [0.717, 1.165) is 12.0 Å². The first kappa shape index (κ1) is 15.2. The number of hydrogen-bond acceptors (Lipinski definition) is 3. The highest BCUT2D eigenvalue weighted by Gasteiger charge is 2.13. The molecule has 0 aromatic heterocycles. The van der Waals surface area contributed by atoms with Gasteiger partial charge < -0.3 is 15.3 Å². The van der Waals surface area contributed by atoms with Crippen molar-refractivity contribution in [2.75, 3.05) is 0 Å². The van der Waals surface area contributed by atoms with Gasteiger partial charge in [0.15, 0.2) is 0 Å². The summed E-state index contributed by atoms with van der Waals surface area (Å²) in [6, 6.07) is 4.22. The van der Waals surface area contributed by atoms with Crippen LogP contribution in [0.1, 0.15) is 49.0 Å². The van der Waals surface area contributed by atoms with E-state index in [-0.39, 0.29) is 11.3 Å². The number of phenols is 1. The molecule has 0 spiro atoms. The minimum Gasteiger partial charge on any atom is -0.507 e. The third-order valence-electron chi connectivity index (χ3n) is 2.89. The minimum absolute atomic E-state index is 0.0468. The van der Waals surface area contributed by atoms with Crippen LogP contribution in [0.3, 0.4) is 0 Å². The average molecular weight is 264 g/mol. The molecule has 1 rings (SSSR count). The van der Waals surface area contributed by atoms with Crippen LogP contribution in [0.5, 0.6) is 5.75 Å². The summed E-state index contributed by atoms with van der Waals surface area (Å²) in [5, 5.41) is 28.2. The van der Waals surface area contributed by atoms with Crippen LogP contribution in [0.15, 0.2) is 24.8 Å². The summed E-state index contributed by atoms with van der Waals surface area (Å²) in [6.45, 7) is 7.38. The summed E-state index contributed by atoms with van der Waals surface area (Å²) in [5.41, 5.74) is 0.625. The molecule has 0 aliphatic carbocycles.